The predicted octanol–water partition coefficient (Wildman–Crippen LogP) is 1.66. The number of aromatic nitrogens is 2. The van der Waals surface area contributed by atoms with Gasteiger partial charge in [-0.3, -0.25) is 4.90 Å². The van der Waals surface area contributed by atoms with Crippen LogP contribution in [0.15, 0.2) is 34.9 Å². The lowest BCUT2D eigenvalue weighted by Crippen LogP contribution is -2.44. The van der Waals surface area contributed by atoms with Gasteiger partial charge in [0.05, 0.1) is 12.5 Å². The first-order valence-corrected chi connectivity index (χ1v) is 6.60. The summed E-state index contributed by atoms with van der Waals surface area (Å²) in [6, 6.07) is 10.4. The molecule has 0 amide bonds. The van der Waals surface area contributed by atoms with Crippen LogP contribution in [0, 0.1) is 0 Å². The Morgan fingerprint density at radius 2 is 2.15 bits per heavy atom. The molecule has 0 aliphatic carbocycles. The maximum absolute atomic E-state index is 5.35. The molecule has 0 bridgehead atoms. The second-order valence-electron chi connectivity index (χ2n) is 4.91. The molecule has 0 saturated carbocycles. The Kier molecular flexibility index (Phi) is 5.11. The normalized spacial score (nSPS) is 19.6. The summed E-state index contributed by atoms with van der Waals surface area (Å²) in [4.78, 5) is 6.78. The number of nitrogens with one attached hydrogen (secondary N) is 1. The molecule has 20 heavy (non-hydrogen) atoms. The standard InChI is InChI=1S/C14H18N4O.ClH/c1-18-8-7-15-10-12(18)14-16-13(19-17-14)9-11-5-3-2-4-6-11;/h2-6,12,15H,7-10H2,1H3;1H. The molecular formula is C14H19ClN4O. The molecule has 3 rings (SSSR count). The van der Waals surface area contributed by atoms with Crippen molar-refractivity contribution in [1.29, 1.82) is 0 Å². The maximum atomic E-state index is 5.35. The molecule has 0 spiro atoms. The van der Waals surface area contributed by atoms with E-state index < -0.39 is 0 Å². The van der Waals surface area contributed by atoms with Crippen LogP contribution in [0.3, 0.4) is 0 Å². The highest BCUT2D eigenvalue weighted by Gasteiger charge is 2.25. The molecule has 2 aromatic rings. The Bertz CT molecular complexity index is 531. The molecule has 1 fully saturated rings. The average molecular weight is 295 g/mol. The lowest BCUT2D eigenvalue weighted by Gasteiger charge is -2.30. The Morgan fingerprint density at radius 1 is 1.35 bits per heavy atom. The van der Waals surface area contributed by atoms with Gasteiger partial charge in [0.2, 0.25) is 5.89 Å². The molecule has 1 aliphatic heterocycles. The van der Waals surface area contributed by atoms with Gasteiger partial charge in [0.25, 0.3) is 0 Å². The lowest BCUT2D eigenvalue weighted by atomic mass is 10.1. The Morgan fingerprint density at radius 3 is 2.90 bits per heavy atom. The number of likely N-dealkylation sites (N-methyl/N-ethyl adjacent to an activating group) is 1. The van der Waals surface area contributed by atoms with Gasteiger partial charge in [-0.05, 0) is 12.6 Å². The minimum atomic E-state index is 0. The monoisotopic (exact) mass is 294 g/mol. The highest BCUT2D eigenvalue weighted by Crippen LogP contribution is 2.18. The van der Waals surface area contributed by atoms with Crippen molar-refractivity contribution in [3.63, 3.8) is 0 Å². The van der Waals surface area contributed by atoms with E-state index in [0.29, 0.717) is 12.3 Å². The number of nitrogens with zero attached hydrogens (tertiary/aromatic N) is 3. The number of piperazine rings is 1. The van der Waals surface area contributed by atoms with Crippen molar-refractivity contribution in [3.05, 3.63) is 47.6 Å². The zero-order chi connectivity index (χ0) is 13.1. The van der Waals surface area contributed by atoms with E-state index in [2.05, 4.69) is 39.5 Å². The van der Waals surface area contributed by atoms with Crippen molar-refractivity contribution in [2.24, 2.45) is 0 Å². The van der Waals surface area contributed by atoms with Crippen LogP contribution in [-0.2, 0) is 6.42 Å². The van der Waals surface area contributed by atoms with E-state index in [-0.39, 0.29) is 18.4 Å². The zero-order valence-electron chi connectivity index (χ0n) is 11.5. The van der Waals surface area contributed by atoms with Gasteiger partial charge in [0.15, 0.2) is 5.82 Å². The minimum absolute atomic E-state index is 0. The third-order valence-electron chi connectivity index (χ3n) is 3.49. The molecule has 1 N–H and O–H groups in total. The summed E-state index contributed by atoms with van der Waals surface area (Å²) in [5.74, 6) is 1.46. The first-order valence-electron chi connectivity index (χ1n) is 6.60. The largest absolute Gasteiger partial charge is 0.339 e. The molecule has 6 heteroatoms. The molecule has 0 radical (unpaired) electrons. The fourth-order valence-electron chi connectivity index (χ4n) is 2.34. The number of rotatable bonds is 3. The van der Waals surface area contributed by atoms with Crippen LogP contribution in [0.25, 0.3) is 0 Å². The van der Waals surface area contributed by atoms with Gasteiger partial charge in [0.1, 0.15) is 0 Å². The molecule has 2 heterocycles. The van der Waals surface area contributed by atoms with E-state index >= 15 is 0 Å². The van der Waals surface area contributed by atoms with Crippen LogP contribution in [0.1, 0.15) is 23.3 Å². The summed E-state index contributed by atoms with van der Waals surface area (Å²) in [7, 11) is 2.10. The third-order valence-corrected chi connectivity index (χ3v) is 3.49. The van der Waals surface area contributed by atoms with E-state index in [4.69, 9.17) is 4.52 Å². The first-order chi connectivity index (χ1) is 9.33. The van der Waals surface area contributed by atoms with Gasteiger partial charge in [-0.2, -0.15) is 4.98 Å². The van der Waals surface area contributed by atoms with Crippen LogP contribution in [0.4, 0.5) is 0 Å². The summed E-state index contributed by atoms with van der Waals surface area (Å²) in [6.07, 6.45) is 0.692. The number of hydrogen-bond acceptors (Lipinski definition) is 5. The van der Waals surface area contributed by atoms with Crippen molar-refractivity contribution < 1.29 is 4.52 Å². The summed E-state index contributed by atoms with van der Waals surface area (Å²) in [5, 5.41) is 7.48. The molecule has 1 saturated heterocycles. The van der Waals surface area contributed by atoms with Crippen molar-refractivity contribution >= 4 is 12.4 Å². The SMILES string of the molecule is CN1CCNCC1c1noc(Cc2ccccc2)n1.Cl. The van der Waals surface area contributed by atoms with E-state index in [1.165, 1.54) is 5.56 Å². The van der Waals surface area contributed by atoms with Crippen LogP contribution in [0.2, 0.25) is 0 Å². The minimum Gasteiger partial charge on any atom is -0.339 e. The molecule has 1 aromatic carbocycles. The Balaban J connectivity index is 0.00000147. The van der Waals surface area contributed by atoms with Crippen LogP contribution >= 0.6 is 12.4 Å². The lowest BCUT2D eigenvalue weighted by molar-refractivity contribution is 0.190. The van der Waals surface area contributed by atoms with Crippen LogP contribution in [-0.4, -0.2) is 41.7 Å². The van der Waals surface area contributed by atoms with Crippen molar-refractivity contribution in [1.82, 2.24) is 20.4 Å². The predicted molar refractivity (Wildman–Crippen MR) is 79.0 cm³/mol. The second kappa shape index (κ2) is 6.83. The second-order valence-corrected chi connectivity index (χ2v) is 4.91. The fraction of sp³-hybridized carbons (Fsp3) is 0.429. The number of halogens is 1. The van der Waals surface area contributed by atoms with Gasteiger partial charge in [-0.1, -0.05) is 35.5 Å². The molecule has 5 nitrogen and oxygen atoms in total. The highest BCUT2D eigenvalue weighted by molar-refractivity contribution is 5.85. The fourth-order valence-corrected chi connectivity index (χ4v) is 2.34. The van der Waals surface area contributed by atoms with E-state index in [1.54, 1.807) is 0 Å². The summed E-state index contributed by atoms with van der Waals surface area (Å²) < 4.78 is 5.35. The smallest absolute Gasteiger partial charge is 0.231 e. The summed E-state index contributed by atoms with van der Waals surface area (Å²) in [5.41, 5.74) is 1.19. The summed E-state index contributed by atoms with van der Waals surface area (Å²) in [6.45, 7) is 2.90. The first kappa shape index (κ1) is 15.0. The molecule has 108 valence electrons. The van der Waals surface area contributed by atoms with Crippen molar-refractivity contribution in [2.45, 2.75) is 12.5 Å². The molecule has 1 aromatic heterocycles. The van der Waals surface area contributed by atoms with Gasteiger partial charge in [-0.25, -0.2) is 0 Å². The average Bonchev–Trinajstić information content (AvgIpc) is 2.89. The molecule has 1 atom stereocenters. The van der Waals surface area contributed by atoms with Gasteiger partial charge < -0.3 is 9.84 Å². The van der Waals surface area contributed by atoms with Gasteiger partial charge >= 0.3 is 0 Å². The number of hydrogen-bond donors (Lipinski definition) is 1. The zero-order valence-corrected chi connectivity index (χ0v) is 12.3. The van der Waals surface area contributed by atoms with E-state index in [1.807, 2.05) is 18.2 Å². The topological polar surface area (TPSA) is 54.2 Å². The van der Waals surface area contributed by atoms with Crippen molar-refractivity contribution in [2.75, 3.05) is 26.7 Å². The highest BCUT2D eigenvalue weighted by atomic mass is 35.5. The maximum Gasteiger partial charge on any atom is 0.231 e. The Labute approximate surface area is 124 Å². The van der Waals surface area contributed by atoms with Crippen LogP contribution < -0.4 is 5.32 Å². The number of benzene rings is 1. The molecular weight excluding hydrogens is 276 g/mol. The van der Waals surface area contributed by atoms with Gasteiger partial charge in [-0.15, -0.1) is 12.4 Å². The molecule has 1 unspecified atom stereocenters. The molecule has 1 aliphatic rings. The third kappa shape index (κ3) is 3.36. The Hall–Kier alpha value is -1.43. The van der Waals surface area contributed by atoms with Gasteiger partial charge in [0, 0.05) is 19.6 Å². The van der Waals surface area contributed by atoms with E-state index in [0.717, 1.165) is 25.5 Å². The quantitative estimate of drug-likeness (QED) is 0.933. The summed E-state index contributed by atoms with van der Waals surface area (Å²) >= 11 is 0. The van der Waals surface area contributed by atoms with Crippen molar-refractivity contribution in [3.8, 4) is 0 Å². The van der Waals surface area contributed by atoms with E-state index in [9.17, 15) is 0 Å². The van der Waals surface area contributed by atoms with Crippen LogP contribution in [0.5, 0.6) is 0 Å².